The summed E-state index contributed by atoms with van der Waals surface area (Å²) in [6, 6.07) is 10.4. The van der Waals surface area contributed by atoms with E-state index in [9.17, 15) is 14.4 Å². The third-order valence-electron chi connectivity index (χ3n) is 4.69. The molecule has 0 spiro atoms. The average molecular weight is 422 g/mol. The summed E-state index contributed by atoms with van der Waals surface area (Å²) in [5.74, 6) is -1.47. The highest BCUT2D eigenvalue weighted by Gasteiger charge is 2.28. The Morgan fingerprint density at radius 2 is 1.87 bits per heavy atom. The molecule has 0 fully saturated rings. The number of Topliss-reactive ketones (excluding diaryl/α,β-unsaturated/α-hetero) is 1. The summed E-state index contributed by atoms with van der Waals surface area (Å²) in [7, 11) is 0. The second-order valence-electron chi connectivity index (χ2n) is 7.68. The zero-order chi connectivity index (χ0) is 22.6. The van der Waals surface area contributed by atoms with Gasteiger partial charge < -0.3 is 10.6 Å². The van der Waals surface area contributed by atoms with Crippen molar-refractivity contribution in [2.24, 2.45) is 11.8 Å². The number of hydrogen-bond acceptors (Lipinski definition) is 6. The van der Waals surface area contributed by atoms with Crippen LogP contribution >= 0.6 is 0 Å². The molecule has 8 heteroatoms. The number of nitrogens with one attached hydrogen (secondary N) is 2. The van der Waals surface area contributed by atoms with Crippen LogP contribution in [0.1, 0.15) is 42.7 Å². The maximum atomic E-state index is 13.2. The molecule has 1 aromatic heterocycles. The molecule has 2 amide bonds. The summed E-state index contributed by atoms with van der Waals surface area (Å²) in [5.41, 5.74) is 0.994. The van der Waals surface area contributed by atoms with Crippen molar-refractivity contribution in [3.05, 3.63) is 60.2 Å². The van der Waals surface area contributed by atoms with Gasteiger partial charge in [-0.2, -0.15) is 5.26 Å². The molecule has 2 atom stereocenters. The summed E-state index contributed by atoms with van der Waals surface area (Å²) in [4.78, 5) is 46.1. The fourth-order valence-corrected chi connectivity index (χ4v) is 3.25. The van der Waals surface area contributed by atoms with Gasteiger partial charge in [-0.15, -0.1) is 0 Å². The Morgan fingerprint density at radius 3 is 2.48 bits per heavy atom. The Kier molecular flexibility index (Phi) is 9.30. The fourth-order valence-electron chi connectivity index (χ4n) is 3.25. The highest BCUT2D eigenvalue weighted by Crippen LogP contribution is 2.18. The number of carbonyl (C=O) groups is 3. The largest absolute Gasteiger partial charge is 0.343 e. The minimum atomic E-state index is -0.824. The van der Waals surface area contributed by atoms with Crippen molar-refractivity contribution in [3.63, 3.8) is 0 Å². The van der Waals surface area contributed by atoms with E-state index in [4.69, 9.17) is 5.26 Å². The molecule has 0 saturated carbocycles. The van der Waals surface area contributed by atoms with E-state index >= 15 is 0 Å². The quantitative estimate of drug-likeness (QED) is 0.535. The molecule has 1 aromatic carbocycles. The highest BCUT2D eigenvalue weighted by molar-refractivity contribution is 5.97. The van der Waals surface area contributed by atoms with Crippen LogP contribution in [0.4, 0.5) is 0 Å². The average Bonchev–Trinajstić information content (AvgIpc) is 2.77. The third kappa shape index (κ3) is 7.97. The molecule has 2 N–H and O–H groups in total. The molecule has 0 aliphatic rings. The molecule has 162 valence electrons. The zero-order valence-electron chi connectivity index (χ0n) is 17.7. The monoisotopic (exact) mass is 421 g/mol. The lowest BCUT2D eigenvalue weighted by atomic mass is 9.88. The van der Waals surface area contributed by atoms with E-state index in [-0.39, 0.29) is 36.3 Å². The number of benzene rings is 1. The molecule has 0 aliphatic carbocycles. The molecule has 0 radical (unpaired) electrons. The van der Waals surface area contributed by atoms with E-state index in [2.05, 4.69) is 20.6 Å². The molecule has 31 heavy (non-hydrogen) atoms. The molecule has 2 aromatic rings. The summed E-state index contributed by atoms with van der Waals surface area (Å²) in [5, 5.41) is 14.0. The van der Waals surface area contributed by atoms with E-state index in [1.165, 1.54) is 18.6 Å². The molecule has 0 unspecified atom stereocenters. The standard InChI is InChI=1S/C23H27N5O3/c1-16(2)12-18(22(30)27-9-8-24)14-21(29)19(13-17-6-4-3-5-7-17)28-23(31)20-15-25-10-11-26-20/h3-7,10-11,15-16,18-19H,9,12-14H2,1-2H3,(H,27,30)(H,28,31)/t18-,19+/m1/s1. The van der Waals surface area contributed by atoms with Crippen LogP contribution in [-0.4, -0.2) is 40.2 Å². The Hall–Kier alpha value is -3.60. The number of hydrogen-bond donors (Lipinski definition) is 2. The van der Waals surface area contributed by atoms with E-state index in [0.717, 1.165) is 5.56 Å². The molecule has 0 bridgehead atoms. The van der Waals surface area contributed by atoms with Crippen LogP contribution < -0.4 is 10.6 Å². The lowest BCUT2D eigenvalue weighted by molar-refractivity contribution is -0.130. The molecular formula is C23H27N5O3. The van der Waals surface area contributed by atoms with Crippen LogP contribution in [0.25, 0.3) is 0 Å². The number of nitriles is 1. The topological polar surface area (TPSA) is 125 Å². The van der Waals surface area contributed by atoms with Crippen molar-refractivity contribution in [1.82, 2.24) is 20.6 Å². The molecule has 0 saturated heterocycles. The van der Waals surface area contributed by atoms with E-state index < -0.39 is 17.9 Å². The van der Waals surface area contributed by atoms with Crippen LogP contribution in [0, 0.1) is 23.2 Å². The van der Waals surface area contributed by atoms with Gasteiger partial charge in [0.25, 0.3) is 5.91 Å². The molecule has 0 aliphatic heterocycles. The van der Waals surface area contributed by atoms with Crippen LogP contribution in [0.2, 0.25) is 0 Å². The number of rotatable bonds is 11. The molecular weight excluding hydrogens is 394 g/mol. The summed E-state index contributed by atoms with van der Waals surface area (Å²) in [6.07, 6.45) is 4.95. The van der Waals surface area contributed by atoms with Crippen molar-refractivity contribution in [2.75, 3.05) is 6.54 Å². The Bertz CT molecular complexity index is 910. The van der Waals surface area contributed by atoms with E-state index in [1.807, 2.05) is 50.2 Å². The maximum absolute atomic E-state index is 13.2. The first kappa shape index (κ1) is 23.7. The normalized spacial score (nSPS) is 12.5. The third-order valence-corrected chi connectivity index (χ3v) is 4.69. The molecule has 8 nitrogen and oxygen atoms in total. The highest BCUT2D eigenvalue weighted by atomic mass is 16.2. The molecule has 1 heterocycles. The number of aromatic nitrogens is 2. The Morgan fingerprint density at radius 1 is 1.13 bits per heavy atom. The summed E-state index contributed by atoms with van der Waals surface area (Å²) < 4.78 is 0. The first-order valence-corrected chi connectivity index (χ1v) is 10.2. The predicted molar refractivity (Wildman–Crippen MR) is 115 cm³/mol. The fraction of sp³-hybridized carbons (Fsp3) is 0.391. The van der Waals surface area contributed by atoms with Crippen molar-refractivity contribution < 1.29 is 14.4 Å². The van der Waals surface area contributed by atoms with Crippen molar-refractivity contribution in [1.29, 1.82) is 5.26 Å². The van der Waals surface area contributed by atoms with Gasteiger partial charge in [-0.3, -0.25) is 19.4 Å². The number of nitrogens with zero attached hydrogens (tertiary/aromatic N) is 3. The smallest absolute Gasteiger partial charge is 0.272 e. The van der Waals surface area contributed by atoms with Crippen molar-refractivity contribution in [2.45, 2.75) is 39.2 Å². The first-order chi connectivity index (χ1) is 14.9. The summed E-state index contributed by atoms with van der Waals surface area (Å²) >= 11 is 0. The van der Waals surface area contributed by atoms with Gasteiger partial charge in [-0.05, 0) is 24.3 Å². The van der Waals surface area contributed by atoms with Crippen LogP contribution in [-0.2, 0) is 16.0 Å². The van der Waals surface area contributed by atoms with Gasteiger partial charge in [-0.1, -0.05) is 44.2 Å². The molecule has 2 rings (SSSR count). The van der Waals surface area contributed by atoms with Gasteiger partial charge in [0.15, 0.2) is 5.78 Å². The Balaban J connectivity index is 2.19. The second kappa shape index (κ2) is 12.2. The van der Waals surface area contributed by atoms with Crippen molar-refractivity contribution in [3.8, 4) is 6.07 Å². The van der Waals surface area contributed by atoms with Crippen LogP contribution in [0.3, 0.4) is 0 Å². The van der Waals surface area contributed by atoms with E-state index in [1.54, 1.807) is 0 Å². The van der Waals surface area contributed by atoms with Gasteiger partial charge in [0.05, 0.1) is 18.3 Å². The second-order valence-corrected chi connectivity index (χ2v) is 7.68. The predicted octanol–water partition coefficient (Wildman–Crippen LogP) is 2.08. The minimum Gasteiger partial charge on any atom is -0.343 e. The SMILES string of the molecule is CC(C)C[C@H](CC(=O)[C@H](Cc1ccccc1)NC(=O)c1cnccn1)C(=O)NCC#N. The van der Waals surface area contributed by atoms with E-state index in [0.29, 0.717) is 12.8 Å². The minimum absolute atomic E-state index is 0.0340. The van der Waals surface area contributed by atoms with Gasteiger partial charge in [0.1, 0.15) is 12.2 Å². The summed E-state index contributed by atoms with van der Waals surface area (Å²) in [6.45, 7) is 3.82. The van der Waals surface area contributed by atoms with Gasteiger partial charge in [0, 0.05) is 24.7 Å². The Labute approximate surface area is 182 Å². The number of amides is 2. The maximum Gasteiger partial charge on any atom is 0.272 e. The van der Waals surface area contributed by atoms with Crippen LogP contribution in [0.5, 0.6) is 0 Å². The van der Waals surface area contributed by atoms with Gasteiger partial charge >= 0.3 is 0 Å². The zero-order valence-corrected chi connectivity index (χ0v) is 17.7. The lowest BCUT2D eigenvalue weighted by Crippen LogP contribution is -2.44. The number of carbonyl (C=O) groups excluding carboxylic acids is 3. The van der Waals surface area contributed by atoms with Gasteiger partial charge in [0.2, 0.25) is 5.91 Å². The lowest BCUT2D eigenvalue weighted by Gasteiger charge is -2.22. The first-order valence-electron chi connectivity index (χ1n) is 10.2. The van der Waals surface area contributed by atoms with Crippen molar-refractivity contribution >= 4 is 17.6 Å². The number of ketones is 1. The van der Waals surface area contributed by atoms with Crippen LogP contribution in [0.15, 0.2) is 48.9 Å². The van der Waals surface area contributed by atoms with Gasteiger partial charge in [-0.25, -0.2) is 4.98 Å².